The van der Waals surface area contributed by atoms with Crippen molar-refractivity contribution < 1.29 is 4.79 Å². The molecule has 0 spiro atoms. The molecule has 1 saturated heterocycles. The van der Waals surface area contributed by atoms with Gasteiger partial charge in [0.15, 0.2) is 0 Å². The molecule has 1 aliphatic heterocycles. The fourth-order valence-electron chi connectivity index (χ4n) is 2.57. The monoisotopic (exact) mass is 262 g/mol. The number of carbonyl (C=O) groups is 1. The molecule has 5 nitrogen and oxygen atoms in total. The van der Waals surface area contributed by atoms with E-state index in [2.05, 4.69) is 29.4 Å². The molecular formula is C14H22N4O. The number of nitrogens with zero attached hydrogens (tertiary/aromatic N) is 3. The zero-order valence-electron chi connectivity index (χ0n) is 11.9. The van der Waals surface area contributed by atoms with Crippen molar-refractivity contribution in [3.63, 3.8) is 0 Å². The lowest BCUT2D eigenvalue weighted by atomic mass is 9.87. The van der Waals surface area contributed by atoms with Gasteiger partial charge < -0.3 is 10.2 Å². The minimum absolute atomic E-state index is 0.0848. The topological polar surface area (TPSA) is 58.1 Å². The number of likely N-dealkylation sites (tertiary alicyclic amines) is 1. The van der Waals surface area contributed by atoms with E-state index >= 15 is 0 Å². The normalized spacial score (nSPS) is 23.2. The van der Waals surface area contributed by atoms with Crippen molar-refractivity contribution in [1.29, 1.82) is 0 Å². The molecule has 1 aliphatic rings. The third-order valence-corrected chi connectivity index (χ3v) is 3.67. The van der Waals surface area contributed by atoms with E-state index in [1.807, 2.05) is 24.1 Å². The lowest BCUT2D eigenvalue weighted by Gasteiger charge is -2.29. The molecule has 1 N–H and O–H groups in total. The highest BCUT2D eigenvalue weighted by atomic mass is 16.2. The van der Waals surface area contributed by atoms with Gasteiger partial charge in [0.1, 0.15) is 0 Å². The summed E-state index contributed by atoms with van der Waals surface area (Å²) in [4.78, 5) is 14.4. The first-order valence-electron chi connectivity index (χ1n) is 6.74. The Morgan fingerprint density at radius 3 is 2.95 bits per heavy atom. The van der Waals surface area contributed by atoms with Crippen LogP contribution in [0.3, 0.4) is 0 Å². The summed E-state index contributed by atoms with van der Waals surface area (Å²) in [5.41, 5.74) is 0.979. The first-order chi connectivity index (χ1) is 9.02. The molecule has 1 atom stereocenters. The molecule has 19 heavy (non-hydrogen) atoms. The molecule has 1 aromatic rings. The summed E-state index contributed by atoms with van der Waals surface area (Å²) in [6, 6.07) is 3.68. The van der Waals surface area contributed by atoms with Crippen LogP contribution in [0.5, 0.6) is 0 Å². The minimum atomic E-state index is -0.0848. The number of aromatic nitrogens is 2. The van der Waals surface area contributed by atoms with Gasteiger partial charge in [0.05, 0.1) is 18.3 Å². The van der Waals surface area contributed by atoms with Crippen molar-refractivity contribution in [3.8, 4) is 0 Å². The van der Waals surface area contributed by atoms with E-state index < -0.39 is 0 Å². The van der Waals surface area contributed by atoms with Gasteiger partial charge in [-0.25, -0.2) is 0 Å². The first-order valence-corrected chi connectivity index (χ1v) is 6.74. The third kappa shape index (κ3) is 3.50. The summed E-state index contributed by atoms with van der Waals surface area (Å²) in [5.74, 6) is 0.165. The van der Waals surface area contributed by atoms with Crippen LogP contribution in [0, 0.1) is 5.41 Å². The third-order valence-electron chi connectivity index (χ3n) is 3.67. The number of hydrogen-bond donors (Lipinski definition) is 1. The molecule has 2 rings (SSSR count). The average molecular weight is 262 g/mol. The number of hydrogen-bond acceptors (Lipinski definition) is 4. The van der Waals surface area contributed by atoms with Crippen LogP contribution >= 0.6 is 0 Å². The first kappa shape index (κ1) is 13.9. The predicted molar refractivity (Wildman–Crippen MR) is 73.3 cm³/mol. The Hall–Kier alpha value is -1.49. The summed E-state index contributed by atoms with van der Waals surface area (Å²) < 4.78 is 0. The smallest absolute Gasteiger partial charge is 0.240 e. The predicted octanol–water partition coefficient (Wildman–Crippen LogP) is 1.21. The molecule has 0 radical (unpaired) electrons. The zero-order chi connectivity index (χ0) is 13.9. The van der Waals surface area contributed by atoms with Gasteiger partial charge in [-0.15, -0.1) is 0 Å². The Morgan fingerprint density at radius 1 is 1.53 bits per heavy atom. The highest BCUT2D eigenvalue weighted by Gasteiger charge is 2.34. The number of carbonyl (C=O) groups excluding carboxylic acids is 1. The second-order valence-electron chi connectivity index (χ2n) is 5.95. The van der Waals surface area contributed by atoms with Crippen LogP contribution in [-0.2, 0) is 11.3 Å². The van der Waals surface area contributed by atoms with Crippen molar-refractivity contribution in [2.75, 3.05) is 13.6 Å². The Bertz CT molecular complexity index is 432. The maximum atomic E-state index is 12.5. The van der Waals surface area contributed by atoms with E-state index in [9.17, 15) is 4.79 Å². The molecule has 5 heteroatoms. The second-order valence-corrected chi connectivity index (χ2v) is 5.95. The summed E-state index contributed by atoms with van der Waals surface area (Å²) in [7, 11) is 1.85. The van der Waals surface area contributed by atoms with Crippen LogP contribution in [0.15, 0.2) is 18.3 Å². The molecule has 0 saturated carbocycles. The molecular weight excluding hydrogens is 240 g/mol. The van der Waals surface area contributed by atoms with Gasteiger partial charge in [-0.3, -0.25) is 4.79 Å². The van der Waals surface area contributed by atoms with E-state index in [0.717, 1.165) is 25.1 Å². The standard InChI is InChI=1S/C14H22N4O/c1-14(2)7-6-12(15-3)13(19)18(10-14)9-11-5-4-8-16-17-11/h4-5,8,12,15H,6-7,9-10H2,1-3H3. The maximum Gasteiger partial charge on any atom is 0.240 e. The van der Waals surface area contributed by atoms with Crippen molar-refractivity contribution >= 4 is 5.91 Å². The van der Waals surface area contributed by atoms with E-state index in [-0.39, 0.29) is 17.4 Å². The van der Waals surface area contributed by atoms with Gasteiger partial charge in [0.2, 0.25) is 5.91 Å². The molecule has 1 aromatic heterocycles. The lowest BCUT2D eigenvalue weighted by molar-refractivity contribution is -0.134. The van der Waals surface area contributed by atoms with Crippen molar-refractivity contribution in [2.24, 2.45) is 5.41 Å². The average Bonchev–Trinajstić information content (AvgIpc) is 2.49. The fraction of sp³-hybridized carbons (Fsp3) is 0.643. The number of likely N-dealkylation sites (N-methyl/N-ethyl adjacent to an activating group) is 1. The Kier molecular flexibility index (Phi) is 4.14. The van der Waals surface area contributed by atoms with E-state index in [4.69, 9.17) is 0 Å². The Labute approximate surface area is 114 Å². The maximum absolute atomic E-state index is 12.5. The summed E-state index contributed by atoms with van der Waals surface area (Å²) in [6.07, 6.45) is 3.58. The number of rotatable bonds is 3. The van der Waals surface area contributed by atoms with Crippen LogP contribution in [0.25, 0.3) is 0 Å². The highest BCUT2D eigenvalue weighted by molar-refractivity contribution is 5.82. The Morgan fingerprint density at radius 2 is 2.32 bits per heavy atom. The van der Waals surface area contributed by atoms with E-state index in [0.29, 0.717) is 6.54 Å². The second kappa shape index (κ2) is 5.65. The molecule has 1 unspecified atom stereocenters. The van der Waals surface area contributed by atoms with Crippen LogP contribution < -0.4 is 5.32 Å². The van der Waals surface area contributed by atoms with Crippen LogP contribution in [0.4, 0.5) is 0 Å². The van der Waals surface area contributed by atoms with Gasteiger partial charge in [-0.2, -0.15) is 10.2 Å². The summed E-state index contributed by atoms with van der Waals surface area (Å²) >= 11 is 0. The minimum Gasteiger partial charge on any atom is -0.335 e. The fourth-order valence-corrected chi connectivity index (χ4v) is 2.57. The Balaban J connectivity index is 2.17. The molecule has 0 bridgehead atoms. The highest BCUT2D eigenvalue weighted by Crippen LogP contribution is 2.29. The van der Waals surface area contributed by atoms with Gasteiger partial charge in [-0.05, 0) is 37.4 Å². The lowest BCUT2D eigenvalue weighted by Crippen LogP contribution is -2.44. The summed E-state index contributed by atoms with van der Waals surface area (Å²) in [6.45, 7) is 5.72. The van der Waals surface area contributed by atoms with Crippen molar-refractivity contribution in [2.45, 2.75) is 39.3 Å². The number of amides is 1. The van der Waals surface area contributed by atoms with Crippen LogP contribution in [0.2, 0.25) is 0 Å². The van der Waals surface area contributed by atoms with Crippen LogP contribution in [-0.4, -0.2) is 40.6 Å². The summed E-state index contributed by atoms with van der Waals surface area (Å²) in [5, 5.41) is 11.1. The SMILES string of the molecule is CNC1CCC(C)(C)CN(Cc2cccnn2)C1=O. The number of nitrogens with one attached hydrogen (secondary N) is 1. The van der Waals surface area contributed by atoms with Gasteiger partial charge in [-0.1, -0.05) is 13.8 Å². The van der Waals surface area contributed by atoms with Crippen LogP contribution in [0.1, 0.15) is 32.4 Å². The molecule has 0 aromatic carbocycles. The van der Waals surface area contributed by atoms with Crippen molar-refractivity contribution in [3.05, 3.63) is 24.0 Å². The van der Waals surface area contributed by atoms with Gasteiger partial charge in [0, 0.05) is 12.7 Å². The molecule has 0 aliphatic carbocycles. The molecule has 104 valence electrons. The molecule has 1 fully saturated rings. The molecule has 1 amide bonds. The van der Waals surface area contributed by atoms with E-state index in [1.165, 1.54) is 0 Å². The van der Waals surface area contributed by atoms with Gasteiger partial charge >= 0.3 is 0 Å². The van der Waals surface area contributed by atoms with Gasteiger partial charge in [0.25, 0.3) is 0 Å². The quantitative estimate of drug-likeness (QED) is 0.889. The largest absolute Gasteiger partial charge is 0.335 e. The van der Waals surface area contributed by atoms with E-state index in [1.54, 1.807) is 6.20 Å². The molecule has 2 heterocycles. The zero-order valence-corrected chi connectivity index (χ0v) is 11.9. The van der Waals surface area contributed by atoms with Crippen molar-refractivity contribution in [1.82, 2.24) is 20.4 Å².